The predicted octanol–water partition coefficient (Wildman–Crippen LogP) is 3.81. The molecule has 1 aliphatic carbocycles. The first kappa shape index (κ1) is 13.7. The van der Waals surface area contributed by atoms with Crippen LogP contribution in [-0.2, 0) is 13.1 Å². The van der Waals surface area contributed by atoms with E-state index < -0.39 is 0 Å². The Hall–Kier alpha value is -0.760. The molecule has 3 atom stereocenters. The van der Waals surface area contributed by atoms with Crippen LogP contribution in [0.15, 0.2) is 18.3 Å². The molecule has 2 rings (SSSR count). The lowest BCUT2D eigenvalue weighted by Crippen LogP contribution is -2.36. The van der Waals surface area contributed by atoms with Crippen molar-refractivity contribution < 1.29 is 0 Å². The molecule has 0 bridgehead atoms. The van der Waals surface area contributed by atoms with Crippen LogP contribution >= 0.6 is 0 Å². The average molecular weight is 248 g/mol. The fourth-order valence-corrected chi connectivity index (χ4v) is 3.05. The summed E-state index contributed by atoms with van der Waals surface area (Å²) in [5.41, 5.74) is 1.43. The van der Waals surface area contributed by atoms with E-state index >= 15 is 0 Å². The van der Waals surface area contributed by atoms with Gasteiger partial charge in [-0.15, -0.1) is 0 Å². The molecule has 3 unspecified atom stereocenters. The molecule has 1 aliphatic rings. The van der Waals surface area contributed by atoms with Crippen LogP contribution in [0.25, 0.3) is 0 Å². The monoisotopic (exact) mass is 248 g/mol. The molecule has 1 N–H and O–H groups in total. The van der Waals surface area contributed by atoms with Gasteiger partial charge in [0.1, 0.15) is 0 Å². The highest BCUT2D eigenvalue weighted by molar-refractivity contribution is 5.07. The average Bonchev–Trinajstić information content (AvgIpc) is 2.79. The zero-order chi connectivity index (χ0) is 13.0. The number of rotatable bonds is 5. The van der Waals surface area contributed by atoms with Gasteiger partial charge < -0.3 is 9.88 Å². The molecule has 102 valence electrons. The van der Waals surface area contributed by atoms with Crippen LogP contribution < -0.4 is 5.32 Å². The van der Waals surface area contributed by atoms with Crippen LogP contribution in [0.2, 0.25) is 0 Å². The topological polar surface area (TPSA) is 17.0 Å². The molecule has 2 nitrogen and oxygen atoms in total. The zero-order valence-electron chi connectivity index (χ0n) is 12.2. The summed E-state index contributed by atoms with van der Waals surface area (Å²) in [6.07, 6.45) is 7.48. The minimum Gasteiger partial charge on any atom is -0.350 e. The lowest BCUT2D eigenvalue weighted by atomic mass is 9.79. The zero-order valence-corrected chi connectivity index (χ0v) is 12.2. The Labute approximate surface area is 112 Å². The molecular formula is C16H28N2. The fraction of sp³-hybridized carbons (Fsp3) is 0.750. The number of hydrogen-bond donors (Lipinski definition) is 1. The number of aryl methyl sites for hydroxylation is 1. The number of hydrogen-bond acceptors (Lipinski definition) is 1. The molecule has 1 heterocycles. The first-order valence-electron chi connectivity index (χ1n) is 7.58. The summed E-state index contributed by atoms with van der Waals surface area (Å²) in [5, 5.41) is 3.75. The van der Waals surface area contributed by atoms with Gasteiger partial charge >= 0.3 is 0 Å². The number of nitrogens with one attached hydrogen (secondary N) is 1. The summed E-state index contributed by atoms with van der Waals surface area (Å²) in [6.45, 7) is 9.20. The van der Waals surface area contributed by atoms with Crippen molar-refractivity contribution in [1.82, 2.24) is 9.88 Å². The van der Waals surface area contributed by atoms with Crippen LogP contribution in [0.4, 0.5) is 0 Å². The van der Waals surface area contributed by atoms with E-state index in [1.807, 2.05) is 0 Å². The van der Waals surface area contributed by atoms with Gasteiger partial charge in [0.05, 0.1) is 0 Å². The van der Waals surface area contributed by atoms with Crippen LogP contribution in [-0.4, -0.2) is 10.6 Å². The van der Waals surface area contributed by atoms with Gasteiger partial charge in [-0.05, 0) is 49.7 Å². The van der Waals surface area contributed by atoms with Crippen LogP contribution in [0, 0.1) is 11.8 Å². The van der Waals surface area contributed by atoms with Crippen molar-refractivity contribution in [3.63, 3.8) is 0 Å². The molecule has 1 fully saturated rings. The van der Waals surface area contributed by atoms with E-state index in [0.29, 0.717) is 0 Å². The maximum atomic E-state index is 3.75. The van der Waals surface area contributed by atoms with Crippen molar-refractivity contribution in [2.45, 2.75) is 65.6 Å². The smallest absolute Gasteiger partial charge is 0.0361 e. The minimum atomic E-state index is 0.723. The van der Waals surface area contributed by atoms with Gasteiger partial charge in [0.25, 0.3) is 0 Å². The van der Waals surface area contributed by atoms with Crippen molar-refractivity contribution in [2.24, 2.45) is 11.8 Å². The quantitative estimate of drug-likeness (QED) is 0.838. The third-order valence-corrected chi connectivity index (χ3v) is 4.56. The normalized spacial score (nSPS) is 28.5. The second-order valence-corrected chi connectivity index (χ2v) is 6.04. The van der Waals surface area contributed by atoms with Gasteiger partial charge in [-0.25, -0.2) is 0 Å². The molecule has 0 amide bonds. The lowest BCUT2D eigenvalue weighted by molar-refractivity contribution is 0.225. The van der Waals surface area contributed by atoms with Gasteiger partial charge in [0.2, 0.25) is 0 Å². The largest absolute Gasteiger partial charge is 0.350 e. The molecule has 2 heteroatoms. The van der Waals surface area contributed by atoms with Crippen LogP contribution in [0.1, 0.15) is 52.1 Å². The summed E-state index contributed by atoms with van der Waals surface area (Å²) in [6, 6.07) is 5.14. The fourth-order valence-electron chi connectivity index (χ4n) is 3.05. The second-order valence-electron chi connectivity index (χ2n) is 6.04. The van der Waals surface area contributed by atoms with E-state index in [0.717, 1.165) is 31.0 Å². The Morgan fingerprint density at radius 2 is 2.11 bits per heavy atom. The Bertz CT molecular complexity index is 356. The first-order chi connectivity index (χ1) is 8.70. The van der Waals surface area contributed by atoms with Crippen molar-refractivity contribution in [3.05, 3.63) is 24.0 Å². The maximum Gasteiger partial charge on any atom is 0.0361 e. The van der Waals surface area contributed by atoms with Crippen LogP contribution in [0.5, 0.6) is 0 Å². The van der Waals surface area contributed by atoms with Crippen molar-refractivity contribution in [3.8, 4) is 0 Å². The summed E-state index contributed by atoms with van der Waals surface area (Å²) in [5.74, 6) is 1.78. The Morgan fingerprint density at radius 1 is 1.28 bits per heavy atom. The van der Waals surface area contributed by atoms with Gasteiger partial charge in [-0.3, -0.25) is 0 Å². The van der Waals surface area contributed by atoms with E-state index in [2.05, 4.69) is 49.0 Å². The van der Waals surface area contributed by atoms with Crippen molar-refractivity contribution >= 4 is 0 Å². The summed E-state index contributed by atoms with van der Waals surface area (Å²) < 4.78 is 2.38. The molecule has 1 saturated carbocycles. The van der Waals surface area contributed by atoms with Gasteiger partial charge in [-0.1, -0.05) is 20.8 Å². The van der Waals surface area contributed by atoms with Crippen LogP contribution in [0.3, 0.4) is 0 Å². The molecule has 1 aromatic rings. The summed E-state index contributed by atoms with van der Waals surface area (Å²) >= 11 is 0. The van der Waals surface area contributed by atoms with E-state index in [4.69, 9.17) is 0 Å². The standard InChI is InChI=1S/C16H28N2/c1-4-9-18-10-5-6-16(18)12-17-15-8-7-13(2)14(3)11-15/h5-6,10,13-15,17H,4,7-9,11-12H2,1-3H3. The highest BCUT2D eigenvalue weighted by atomic mass is 15.0. The number of aromatic nitrogens is 1. The third-order valence-electron chi connectivity index (χ3n) is 4.56. The minimum absolute atomic E-state index is 0.723. The van der Waals surface area contributed by atoms with E-state index in [1.54, 1.807) is 0 Å². The predicted molar refractivity (Wildman–Crippen MR) is 77.5 cm³/mol. The molecule has 18 heavy (non-hydrogen) atoms. The maximum absolute atomic E-state index is 3.75. The Kier molecular flexibility index (Phi) is 4.87. The molecule has 1 aromatic heterocycles. The number of nitrogens with zero attached hydrogens (tertiary/aromatic N) is 1. The van der Waals surface area contributed by atoms with Gasteiger partial charge in [0.15, 0.2) is 0 Å². The molecule has 0 aliphatic heterocycles. The lowest BCUT2D eigenvalue weighted by Gasteiger charge is -2.32. The van der Waals surface area contributed by atoms with Gasteiger partial charge in [-0.2, -0.15) is 0 Å². The highest BCUT2D eigenvalue weighted by Crippen LogP contribution is 2.29. The summed E-state index contributed by atoms with van der Waals surface area (Å²) in [7, 11) is 0. The Balaban J connectivity index is 1.82. The van der Waals surface area contributed by atoms with Crippen molar-refractivity contribution in [2.75, 3.05) is 0 Å². The summed E-state index contributed by atoms with van der Waals surface area (Å²) in [4.78, 5) is 0. The van der Waals surface area contributed by atoms with Gasteiger partial charge in [0, 0.05) is 31.0 Å². The highest BCUT2D eigenvalue weighted by Gasteiger charge is 2.24. The molecular weight excluding hydrogens is 220 g/mol. The van der Waals surface area contributed by atoms with Crippen molar-refractivity contribution in [1.29, 1.82) is 0 Å². The molecule has 0 radical (unpaired) electrons. The van der Waals surface area contributed by atoms with E-state index in [1.165, 1.54) is 31.4 Å². The third kappa shape index (κ3) is 3.38. The molecule has 0 aromatic carbocycles. The molecule has 0 spiro atoms. The second kappa shape index (κ2) is 6.42. The molecule has 0 saturated heterocycles. The SMILES string of the molecule is CCCn1cccc1CNC1CCC(C)C(C)C1. The Morgan fingerprint density at radius 3 is 2.83 bits per heavy atom. The van der Waals surface area contributed by atoms with E-state index in [-0.39, 0.29) is 0 Å². The first-order valence-corrected chi connectivity index (χ1v) is 7.58. The van der Waals surface area contributed by atoms with E-state index in [9.17, 15) is 0 Å².